The standard InChI is InChI=1S/C24H21ClFN5O6/c1-37-16-9-19(31(12-16)24(36)29-20-6-3-14(25)10-27-20)22(33)28-18-5-4-15(8-17(18)26)30-11-13(23(34)35)2-7-21(30)32/h2-8,10-11,16,19H,9,12H2,1H3,(H,28,33)(H,34,35)(H,27,29,36). The van der Waals surface area contributed by atoms with E-state index in [0.29, 0.717) is 5.02 Å². The quantitative estimate of drug-likeness (QED) is 0.445. The molecule has 0 bridgehead atoms. The van der Waals surface area contributed by atoms with Crippen molar-refractivity contribution >= 4 is 41.0 Å². The number of hydrogen-bond acceptors (Lipinski definition) is 6. The number of likely N-dealkylation sites (tertiary alicyclic amines) is 1. The topological polar surface area (TPSA) is 143 Å². The summed E-state index contributed by atoms with van der Waals surface area (Å²) in [6.07, 6.45) is 2.20. The van der Waals surface area contributed by atoms with Crippen LogP contribution in [0.1, 0.15) is 16.8 Å². The fourth-order valence-electron chi connectivity index (χ4n) is 3.86. The summed E-state index contributed by atoms with van der Waals surface area (Å²) in [6, 6.07) is 7.29. The molecule has 3 aromatic rings. The highest BCUT2D eigenvalue weighted by Gasteiger charge is 2.40. The Morgan fingerprint density at radius 1 is 1.16 bits per heavy atom. The van der Waals surface area contributed by atoms with Gasteiger partial charge in [0.05, 0.1) is 28.1 Å². The van der Waals surface area contributed by atoms with E-state index in [2.05, 4.69) is 15.6 Å². The third kappa shape index (κ3) is 5.76. The number of hydrogen-bond donors (Lipinski definition) is 3. The van der Waals surface area contributed by atoms with Crippen molar-refractivity contribution in [2.24, 2.45) is 0 Å². The lowest BCUT2D eigenvalue weighted by Crippen LogP contribution is -2.45. The van der Waals surface area contributed by atoms with Crippen LogP contribution < -0.4 is 16.2 Å². The van der Waals surface area contributed by atoms with Crippen molar-refractivity contribution in [2.75, 3.05) is 24.3 Å². The molecule has 3 amide bonds. The number of halogens is 2. The summed E-state index contributed by atoms with van der Waals surface area (Å²) < 4.78 is 21.2. The molecule has 1 aliphatic rings. The zero-order chi connectivity index (χ0) is 26.7. The first-order chi connectivity index (χ1) is 17.7. The molecule has 192 valence electrons. The first kappa shape index (κ1) is 25.8. The number of carbonyl (C=O) groups excluding carboxylic acids is 2. The average Bonchev–Trinajstić information content (AvgIpc) is 3.32. The molecule has 1 saturated heterocycles. The molecule has 4 rings (SSSR count). The SMILES string of the molecule is COC1CC(C(=O)Nc2ccc(-n3cc(C(=O)O)ccc3=O)cc2F)N(C(=O)Nc2ccc(Cl)cn2)C1. The lowest BCUT2D eigenvalue weighted by molar-refractivity contribution is -0.119. The van der Waals surface area contributed by atoms with Crippen LogP contribution in [-0.4, -0.2) is 63.3 Å². The predicted molar refractivity (Wildman–Crippen MR) is 132 cm³/mol. The molecule has 0 saturated carbocycles. The maximum atomic E-state index is 14.9. The highest BCUT2D eigenvalue weighted by atomic mass is 35.5. The second-order valence-electron chi connectivity index (χ2n) is 8.14. The number of benzene rings is 1. The Labute approximate surface area is 214 Å². The van der Waals surface area contributed by atoms with Crippen LogP contribution in [0.5, 0.6) is 0 Å². The maximum Gasteiger partial charge on any atom is 0.337 e. The fourth-order valence-corrected chi connectivity index (χ4v) is 3.97. The average molecular weight is 530 g/mol. The molecule has 0 spiro atoms. The monoisotopic (exact) mass is 529 g/mol. The van der Waals surface area contributed by atoms with Gasteiger partial charge in [0.25, 0.3) is 5.56 Å². The molecule has 13 heteroatoms. The minimum absolute atomic E-state index is 0.0698. The largest absolute Gasteiger partial charge is 0.478 e. The molecule has 0 aliphatic carbocycles. The molecule has 37 heavy (non-hydrogen) atoms. The highest BCUT2D eigenvalue weighted by Crippen LogP contribution is 2.24. The number of anilines is 2. The number of carboxylic acid groups (broad SMARTS) is 1. The molecule has 0 radical (unpaired) electrons. The zero-order valence-corrected chi connectivity index (χ0v) is 20.1. The van der Waals surface area contributed by atoms with Crippen LogP contribution in [0, 0.1) is 5.82 Å². The Bertz CT molecular complexity index is 1410. The second kappa shape index (κ2) is 10.8. The van der Waals surface area contributed by atoms with Crippen LogP contribution in [-0.2, 0) is 9.53 Å². The van der Waals surface area contributed by atoms with Crippen LogP contribution in [0.3, 0.4) is 0 Å². The van der Waals surface area contributed by atoms with Crippen LogP contribution in [0.15, 0.2) is 59.7 Å². The summed E-state index contributed by atoms with van der Waals surface area (Å²) in [4.78, 5) is 54.6. The number of amides is 3. The van der Waals surface area contributed by atoms with Gasteiger partial charge in [0.1, 0.15) is 17.7 Å². The number of ether oxygens (including phenoxy) is 1. The van der Waals surface area contributed by atoms with E-state index < -0.39 is 41.4 Å². The summed E-state index contributed by atoms with van der Waals surface area (Å²) in [6.45, 7) is 0.123. The third-order valence-corrected chi connectivity index (χ3v) is 5.99. The molecule has 2 aromatic heterocycles. The van der Waals surface area contributed by atoms with Gasteiger partial charge in [-0.3, -0.25) is 19.5 Å². The van der Waals surface area contributed by atoms with Gasteiger partial charge in [0.2, 0.25) is 5.91 Å². The van der Waals surface area contributed by atoms with E-state index in [4.69, 9.17) is 21.4 Å². The number of urea groups is 1. The highest BCUT2D eigenvalue weighted by molar-refractivity contribution is 6.30. The molecule has 1 aliphatic heterocycles. The maximum absolute atomic E-state index is 14.9. The van der Waals surface area contributed by atoms with Crippen LogP contribution in [0.4, 0.5) is 20.7 Å². The first-order valence-electron chi connectivity index (χ1n) is 10.9. The number of carboxylic acids is 1. The number of pyridine rings is 2. The Kier molecular flexibility index (Phi) is 7.50. The summed E-state index contributed by atoms with van der Waals surface area (Å²) >= 11 is 5.81. The number of rotatable bonds is 6. The van der Waals surface area contributed by atoms with Crippen molar-refractivity contribution < 1.29 is 28.6 Å². The number of methoxy groups -OCH3 is 1. The van der Waals surface area contributed by atoms with Crippen molar-refractivity contribution in [1.82, 2.24) is 14.5 Å². The first-order valence-corrected chi connectivity index (χ1v) is 11.3. The molecule has 1 aromatic carbocycles. The van der Waals surface area contributed by atoms with Crippen molar-refractivity contribution in [3.8, 4) is 5.69 Å². The van der Waals surface area contributed by atoms with Crippen molar-refractivity contribution in [1.29, 1.82) is 0 Å². The summed E-state index contributed by atoms with van der Waals surface area (Å²) in [5, 5.41) is 14.6. The van der Waals surface area contributed by atoms with E-state index in [0.717, 1.165) is 29.0 Å². The minimum atomic E-state index is -1.25. The Morgan fingerprint density at radius 3 is 2.59 bits per heavy atom. The molecule has 1 fully saturated rings. The molecule has 2 atom stereocenters. The Hall–Kier alpha value is -4.29. The van der Waals surface area contributed by atoms with Crippen molar-refractivity contribution in [3.05, 3.63) is 81.6 Å². The molecule has 3 heterocycles. The van der Waals surface area contributed by atoms with Gasteiger partial charge in [0, 0.05) is 44.6 Å². The fraction of sp³-hybridized carbons (Fsp3) is 0.208. The van der Waals surface area contributed by atoms with Crippen molar-refractivity contribution in [3.63, 3.8) is 0 Å². The van der Waals surface area contributed by atoms with E-state index in [1.54, 1.807) is 6.07 Å². The number of aromatic nitrogens is 2. The molecule has 11 nitrogen and oxygen atoms in total. The lowest BCUT2D eigenvalue weighted by atomic mass is 10.1. The van der Waals surface area contributed by atoms with Gasteiger partial charge < -0.3 is 20.1 Å². The van der Waals surface area contributed by atoms with E-state index >= 15 is 0 Å². The predicted octanol–water partition coefficient (Wildman–Crippen LogP) is 2.98. The summed E-state index contributed by atoms with van der Waals surface area (Å²) in [5.74, 6) is -2.51. The number of aromatic carboxylic acids is 1. The summed E-state index contributed by atoms with van der Waals surface area (Å²) in [5.41, 5.74) is -0.828. The van der Waals surface area contributed by atoms with Crippen LogP contribution >= 0.6 is 11.6 Å². The van der Waals surface area contributed by atoms with Crippen LogP contribution in [0.2, 0.25) is 5.02 Å². The number of nitrogens with one attached hydrogen (secondary N) is 2. The minimum Gasteiger partial charge on any atom is -0.478 e. The molecular formula is C24H21ClFN5O6. The number of nitrogens with zero attached hydrogens (tertiary/aromatic N) is 3. The lowest BCUT2D eigenvalue weighted by Gasteiger charge is -2.24. The van der Waals surface area contributed by atoms with E-state index in [1.807, 2.05) is 0 Å². The third-order valence-electron chi connectivity index (χ3n) is 5.77. The number of carbonyl (C=O) groups is 3. The van der Waals surface area contributed by atoms with Crippen molar-refractivity contribution in [2.45, 2.75) is 18.6 Å². The molecule has 3 N–H and O–H groups in total. The van der Waals surface area contributed by atoms with Gasteiger partial charge in [-0.25, -0.2) is 19.0 Å². The van der Waals surface area contributed by atoms with E-state index in [-0.39, 0.29) is 35.7 Å². The van der Waals surface area contributed by atoms with Gasteiger partial charge in [-0.1, -0.05) is 11.6 Å². The second-order valence-corrected chi connectivity index (χ2v) is 8.57. The van der Waals surface area contributed by atoms with Gasteiger partial charge in [0.15, 0.2) is 0 Å². The van der Waals surface area contributed by atoms with Gasteiger partial charge in [-0.15, -0.1) is 0 Å². The zero-order valence-electron chi connectivity index (χ0n) is 19.4. The van der Waals surface area contributed by atoms with Gasteiger partial charge in [-0.05, 0) is 30.3 Å². The smallest absolute Gasteiger partial charge is 0.337 e. The normalized spacial score (nSPS) is 16.9. The van der Waals surface area contributed by atoms with Gasteiger partial charge >= 0.3 is 12.0 Å². The molecular weight excluding hydrogens is 509 g/mol. The molecule has 2 unspecified atom stereocenters. The Morgan fingerprint density at radius 2 is 1.95 bits per heavy atom. The Balaban J connectivity index is 1.52. The summed E-state index contributed by atoms with van der Waals surface area (Å²) in [7, 11) is 1.46. The van der Waals surface area contributed by atoms with E-state index in [9.17, 15) is 23.6 Å². The van der Waals surface area contributed by atoms with E-state index in [1.165, 1.54) is 36.4 Å². The van der Waals surface area contributed by atoms with Gasteiger partial charge in [-0.2, -0.15) is 0 Å². The van der Waals surface area contributed by atoms with Crippen LogP contribution in [0.25, 0.3) is 5.69 Å².